The third-order valence-electron chi connectivity index (χ3n) is 3.17. The minimum Gasteiger partial charge on any atom is -0.492 e. The summed E-state index contributed by atoms with van der Waals surface area (Å²) in [4.78, 5) is 8.84. The number of ether oxygens (including phenoxy) is 1. The van der Waals surface area contributed by atoms with E-state index in [2.05, 4.69) is 20.6 Å². The molecule has 24 heavy (non-hydrogen) atoms. The van der Waals surface area contributed by atoms with Gasteiger partial charge in [-0.2, -0.15) is 0 Å². The van der Waals surface area contributed by atoms with Gasteiger partial charge in [-0.3, -0.25) is 9.98 Å². The van der Waals surface area contributed by atoms with E-state index in [1.54, 1.807) is 12.3 Å². The maximum Gasteiger partial charge on any atom is 0.191 e. The lowest BCUT2D eigenvalue weighted by atomic mass is 10.3. The van der Waals surface area contributed by atoms with E-state index in [4.69, 9.17) is 16.3 Å². The zero-order valence-corrected chi connectivity index (χ0v) is 14.6. The van der Waals surface area contributed by atoms with E-state index in [9.17, 15) is 0 Å². The average Bonchev–Trinajstić information content (AvgIpc) is 2.60. The van der Waals surface area contributed by atoms with Crippen LogP contribution in [0.1, 0.15) is 12.6 Å². The molecule has 6 heteroatoms. The van der Waals surface area contributed by atoms with Gasteiger partial charge in [-0.1, -0.05) is 23.7 Å². The highest BCUT2D eigenvalue weighted by atomic mass is 35.5. The number of halogens is 1. The molecule has 0 aliphatic heterocycles. The summed E-state index contributed by atoms with van der Waals surface area (Å²) in [5.74, 6) is 1.55. The summed E-state index contributed by atoms with van der Waals surface area (Å²) in [6, 6.07) is 13.3. The summed E-state index contributed by atoms with van der Waals surface area (Å²) in [7, 11) is 0. The second-order valence-electron chi connectivity index (χ2n) is 5.06. The SMILES string of the molecule is CCNC(=NCCc1ccccn1)NCCOc1cccc(Cl)c1. The van der Waals surface area contributed by atoms with Crippen molar-refractivity contribution in [3.8, 4) is 5.75 Å². The first kappa shape index (κ1) is 18.1. The highest BCUT2D eigenvalue weighted by Crippen LogP contribution is 2.16. The Morgan fingerprint density at radius 2 is 2.12 bits per heavy atom. The predicted octanol–water partition coefficient (Wildman–Crippen LogP) is 2.91. The van der Waals surface area contributed by atoms with Crippen molar-refractivity contribution in [3.63, 3.8) is 0 Å². The second kappa shape index (κ2) is 10.5. The molecule has 0 aliphatic rings. The Bertz CT molecular complexity index is 634. The standard InChI is InChI=1S/C18H23ClN4O/c1-2-20-18(22-11-9-16-7-3-4-10-21-16)23-12-13-24-17-8-5-6-15(19)14-17/h3-8,10,14H,2,9,11-13H2,1H3,(H2,20,22,23). The number of hydrogen-bond donors (Lipinski definition) is 2. The fourth-order valence-electron chi connectivity index (χ4n) is 2.07. The number of pyridine rings is 1. The smallest absolute Gasteiger partial charge is 0.191 e. The van der Waals surface area contributed by atoms with Crippen LogP contribution in [0.3, 0.4) is 0 Å². The van der Waals surface area contributed by atoms with Crippen LogP contribution >= 0.6 is 11.6 Å². The van der Waals surface area contributed by atoms with E-state index in [1.807, 2.05) is 43.3 Å². The second-order valence-corrected chi connectivity index (χ2v) is 5.50. The molecule has 128 valence electrons. The van der Waals surface area contributed by atoms with Crippen LogP contribution in [0.5, 0.6) is 5.75 Å². The first-order valence-corrected chi connectivity index (χ1v) is 8.46. The van der Waals surface area contributed by atoms with Gasteiger partial charge in [0.25, 0.3) is 0 Å². The molecule has 0 saturated heterocycles. The van der Waals surface area contributed by atoms with Crippen molar-refractivity contribution in [2.24, 2.45) is 4.99 Å². The molecular formula is C18H23ClN4O. The molecule has 0 bridgehead atoms. The number of rotatable bonds is 8. The van der Waals surface area contributed by atoms with Crippen LogP contribution in [-0.4, -0.2) is 37.2 Å². The van der Waals surface area contributed by atoms with Crippen LogP contribution in [0, 0.1) is 0 Å². The molecule has 1 aromatic carbocycles. The summed E-state index contributed by atoms with van der Waals surface area (Å²) in [5, 5.41) is 7.14. The van der Waals surface area contributed by atoms with Crippen LogP contribution in [0.4, 0.5) is 0 Å². The fraction of sp³-hybridized carbons (Fsp3) is 0.333. The number of aromatic nitrogens is 1. The van der Waals surface area contributed by atoms with E-state index in [0.717, 1.165) is 30.4 Å². The van der Waals surface area contributed by atoms with Gasteiger partial charge in [-0.05, 0) is 37.3 Å². The molecule has 0 amide bonds. The zero-order chi connectivity index (χ0) is 17.0. The molecule has 0 saturated carbocycles. The lowest BCUT2D eigenvalue weighted by Gasteiger charge is -2.12. The molecule has 0 unspecified atom stereocenters. The Balaban J connectivity index is 1.73. The van der Waals surface area contributed by atoms with Crippen molar-refractivity contribution in [2.75, 3.05) is 26.2 Å². The first-order chi connectivity index (χ1) is 11.8. The van der Waals surface area contributed by atoms with Gasteiger partial charge < -0.3 is 15.4 Å². The van der Waals surface area contributed by atoms with Crippen LogP contribution < -0.4 is 15.4 Å². The zero-order valence-electron chi connectivity index (χ0n) is 13.8. The number of hydrogen-bond acceptors (Lipinski definition) is 3. The van der Waals surface area contributed by atoms with Gasteiger partial charge in [0.1, 0.15) is 12.4 Å². The quantitative estimate of drug-likeness (QED) is 0.438. The van der Waals surface area contributed by atoms with Crippen molar-refractivity contribution in [2.45, 2.75) is 13.3 Å². The Labute approximate surface area is 148 Å². The molecule has 1 heterocycles. The molecule has 2 aromatic rings. The van der Waals surface area contributed by atoms with Crippen LogP contribution in [0.2, 0.25) is 5.02 Å². The van der Waals surface area contributed by atoms with Gasteiger partial charge in [0.15, 0.2) is 5.96 Å². The average molecular weight is 347 g/mol. The minimum absolute atomic E-state index is 0.533. The summed E-state index contributed by atoms with van der Waals surface area (Å²) >= 11 is 5.93. The molecule has 0 fully saturated rings. The van der Waals surface area contributed by atoms with Crippen molar-refractivity contribution in [1.82, 2.24) is 15.6 Å². The van der Waals surface area contributed by atoms with Gasteiger partial charge in [0.05, 0.1) is 6.54 Å². The molecular weight excluding hydrogens is 324 g/mol. The number of nitrogens with one attached hydrogen (secondary N) is 2. The largest absolute Gasteiger partial charge is 0.492 e. The molecule has 5 nitrogen and oxygen atoms in total. The van der Waals surface area contributed by atoms with Gasteiger partial charge in [-0.15, -0.1) is 0 Å². The van der Waals surface area contributed by atoms with E-state index in [1.165, 1.54) is 0 Å². The maximum absolute atomic E-state index is 5.93. The number of nitrogens with zero attached hydrogens (tertiary/aromatic N) is 2. The highest BCUT2D eigenvalue weighted by molar-refractivity contribution is 6.30. The van der Waals surface area contributed by atoms with Crippen LogP contribution in [0.15, 0.2) is 53.7 Å². The first-order valence-electron chi connectivity index (χ1n) is 8.08. The number of aliphatic imine (C=N–C) groups is 1. The topological polar surface area (TPSA) is 58.5 Å². The van der Waals surface area contributed by atoms with Crippen LogP contribution in [-0.2, 0) is 6.42 Å². The normalized spacial score (nSPS) is 11.2. The van der Waals surface area contributed by atoms with E-state index in [0.29, 0.717) is 24.7 Å². The van der Waals surface area contributed by atoms with E-state index < -0.39 is 0 Å². The lowest BCUT2D eigenvalue weighted by molar-refractivity contribution is 0.322. The number of guanidine groups is 1. The van der Waals surface area contributed by atoms with Crippen molar-refractivity contribution in [3.05, 3.63) is 59.4 Å². The molecule has 2 N–H and O–H groups in total. The Kier molecular flexibility index (Phi) is 7.90. The van der Waals surface area contributed by atoms with Crippen molar-refractivity contribution in [1.29, 1.82) is 0 Å². The van der Waals surface area contributed by atoms with Gasteiger partial charge in [-0.25, -0.2) is 0 Å². The lowest BCUT2D eigenvalue weighted by Crippen LogP contribution is -2.39. The van der Waals surface area contributed by atoms with Gasteiger partial charge >= 0.3 is 0 Å². The van der Waals surface area contributed by atoms with Crippen molar-refractivity contribution < 1.29 is 4.74 Å². The highest BCUT2D eigenvalue weighted by Gasteiger charge is 1.99. The third-order valence-corrected chi connectivity index (χ3v) is 3.40. The van der Waals surface area contributed by atoms with Crippen LogP contribution in [0.25, 0.3) is 0 Å². The van der Waals surface area contributed by atoms with Gasteiger partial charge in [0.2, 0.25) is 0 Å². The summed E-state index contributed by atoms with van der Waals surface area (Å²) in [6.07, 6.45) is 2.62. The predicted molar refractivity (Wildman–Crippen MR) is 98.9 cm³/mol. The summed E-state index contributed by atoms with van der Waals surface area (Å²) in [6.45, 7) is 4.72. The molecule has 1 aromatic heterocycles. The van der Waals surface area contributed by atoms with Crippen molar-refractivity contribution >= 4 is 17.6 Å². The molecule has 0 aliphatic carbocycles. The Morgan fingerprint density at radius 3 is 2.88 bits per heavy atom. The van der Waals surface area contributed by atoms with E-state index >= 15 is 0 Å². The van der Waals surface area contributed by atoms with E-state index in [-0.39, 0.29) is 0 Å². The summed E-state index contributed by atoms with van der Waals surface area (Å²) < 4.78 is 5.65. The molecule has 0 spiro atoms. The fourth-order valence-corrected chi connectivity index (χ4v) is 2.25. The summed E-state index contributed by atoms with van der Waals surface area (Å²) in [5.41, 5.74) is 1.04. The molecule has 2 rings (SSSR count). The third kappa shape index (κ3) is 6.87. The van der Waals surface area contributed by atoms with Gasteiger partial charge in [0, 0.05) is 36.4 Å². The molecule has 0 radical (unpaired) electrons. The minimum atomic E-state index is 0.533. The Hall–Kier alpha value is -2.27. The number of benzene rings is 1. The maximum atomic E-state index is 5.93. The monoisotopic (exact) mass is 346 g/mol. The molecule has 0 atom stereocenters. The Morgan fingerprint density at radius 1 is 1.21 bits per heavy atom.